The molecule has 0 bridgehead atoms. The number of carbonyl (C=O) groups is 1. The summed E-state index contributed by atoms with van der Waals surface area (Å²) in [7, 11) is 3.42. The number of amides is 1. The summed E-state index contributed by atoms with van der Waals surface area (Å²) >= 11 is 1.53. The predicted molar refractivity (Wildman–Crippen MR) is 111 cm³/mol. The van der Waals surface area contributed by atoms with E-state index in [1.807, 2.05) is 30.5 Å². The van der Waals surface area contributed by atoms with Gasteiger partial charge in [-0.25, -0.2) is 9.97 Å². The minimum Gasteiger partial charge on any atom is -0.414 e. The van der Waals surface area contributed by atoms with Gasteiger partial charge in [0, 0.05) is 25.2 Å². The Morgan fingerprint density at radius 2 is 1.86 bits per heavy atom. The van der Waals surface area contributed by atoms with Gasteiger partial charge in [0.1, 0.15) is 0 Å². The van der Waals surface area contributed by atoms with E-state index in [1.165, 1.54) is 16.2 Å². The van der Waals surface area contributed by atoms with E-state index in [1.54, 1.807) is 32.4 Å². The van der Waals surface area contributed by atoms with Crippen molar-refractivity contribution in [2.45, 2.75) is 6.92 Å². The van der Waals surface area contributed by atoms with Crippen molar-refractivity contribution in [2.75, 3.05) is 19.8 Å². The van der Waals surface area contributed by atoms with Crippen molar-refractivity contribution in [3.8, 4) is 33.6 Å². The summed E-state index contributed by atoms with van der Waals surface area (Å²) in [5, 5.41) is 10.2. The second kappa shape index (κ2) is 7.44. The molecule has 3 aromatic heterocycles. The Kier molecular flexibility index (Phi) is 4.81. The molecule has 0 unspecified atom stereocenters. The minimum absolute atomic E-state index is 0.0668. The molecule has 0 fully saturated rings. The zero-order valence-corrected chi connectivity index (χ0v) is 16.9. The normalized spacial score (nSPS) is 10.9. The number of rotatable bonds is 4. The molecule has 4 rings (SSSR count). The highest BCUT2D eigenvalue weighted by Gasteiger charge is 2.18. The van der Waals surface area contributed by atoms with E-state index in [0.717, 1.165) is 16.0 Å². The number of hydrogen-bond donors (Lipinski definition) is 1. The van der Waals surface area contributed by atoms with Gasteiger partial charge in [-0.3, -0.25) is 4.79 Å². The Morgan fingerprint density at radius 1 is 1.14 bits per heavy atom. The van der Waals surface area contributed by atoms with Crippen LogP contribution < -0.4 is 5.73 Å². The molecule has 0 spiro atoms. The fourth-order valence-electron chi connectivity index (χ4n) is 2.70. The molecule has 0 aliphatic heterocycles. The molecule has 1 aromatic carbocycles. The third kappa shape index (κ3) is 3.72. The fourth-order valence-corrected chi connectivity index (χ4v) is 3.52. The third-order valence-corrected chi connectivity index (χ3v) is 5.24. The summed E-state index contributed by atoms with van der Waals surface area (Å²) in [6.07, 6.45) is 1.57. The summed E-state index contributed by atoms with van der Waals surface area (Å²) in [5.41, 5.74) is 9.42. The second-order valence-electron chi connectivity index (χ2n) is 6.67. The molecule has 3 heterocycles. The number of hydrogen-bond acceptors (Lipinski definition) is 8. The van der Waals surface area contributed by atoms with Gasteiger partial charge in [-0.2, -0.15) is 0 Å². The van der Waals surface area contributed by atoms with Crippen LogP contribution in [0.5, 0.6) is 0 Å². The molecule has 1 amide bonds. The van der Waals surface area contributed by atoms with Crippen LogP contribution in [0, 0.1) is 6.92 Å². The molecule has 0 atom stereocenters. The molecular formula is C20H18N6O2S. The van der Waals surface area contributed by atoms with Gasteiger partial charge in [-0.1, -0.05) is 12.1 Å². The SMILES string of the molecule is Cc1csc(-c2nnc(-c3nc(-c4ccc(C(=O)N(C)C)cc4)cnc3N)o2)c1. The Bertz CT molecular complexity index is 1180. The average molecular weight is 406 g/mol. The smallest absolute Gasteiger partial charge is 0.270 e. The Labute approximate surface area is 171 Å². The molecule has 8 nitrogen and oxygen atoms in total. The van der Waals surface area contributed by atoms with Crippen molar-refractivity contribution in [1.82, 2.24) is 25.1 Å². The number of carbonyl (C=O) groups excluding carboxylic acids is 1. The number of thiophene rings is 1. The number of aryl methyl sites for hydroxylation is 1. The van der Waals surface area contributed by atoms with E-state index >= 15 is 0 Å². The van der Waals surface area contributed by atoms with Crippen molar-refractivity contribution in [3.05, 3.63) is 53.0 Å². The molecule has 146 valence electrons. The number of anilines is 1. The van der Waals surface area contributed by atoms with Gasteiger partial charge in [0.15, 0.2) is 11.5 Å². The second-order valence-corrected chi connectivity index (χ2v) is 7.58. The standard InChI is InChI=1S/C20H18N6O2S/c1-11-8-15(29-10-11)18-24-25-19(28-18)16-17(21)22-9-14(23-16)12-4-6-13(7-5-12)20(27)26(2)3/h4-10H,1-3H3,(H2,21,22). The van der Waals surface area contributed by atoms with Crippen LogP contribution in [0.1, 0.15) is 15.9 Å². The molecular weight excluding hydrogens is 388 g/mol. The van der Waals surface area contributed by atoms with Crippen LogP contribution in [-0.4, -0.2) is 45.1 Å². The van der Waals surface area contributed by atoms with Gasteiger partial charge in [-0.15, -0.1) is 21.5 Å². The first-order valence-corrected chi connectivity index (χ1v) is 9.64. The van der Waals surface area contributed by atoms with Gasteiger partial charge < -0.3 is 15.1 Å². The van der Waals surface area contributed by atoms with Gasteiger partial charge in [0.25, 0.3) is 17.7 Å². The van der Waals surface area contributed by atoms with Crippen molar-refractivity contribution in [1.29, 1.82) is 0 Å². The Morgan fingerprint density at radius 3 is 2.52 bits per heavy atom. The lowest BCUT2D eigenvalue weighted by Crippen LogP contribution is -2.21. The lowest BCUT2D eigenvalue weighted by atomic mass is 10.1. The van der Waals surface area contributed by atoms with Crippen LogP contribution in [0.2, 0.25) is 0 Å². The Hall–Kier alpha value is -3.59. The minimum atomic E-state index is -0.0668. The summed E-state index contributed by atoms with van der Waals surface area (Å²) in [6.45, 7) is 2.00. The number of nitrogens with two attached hydrogens (primary N) is 1. The van der Waals surface area contributed by atoms with Crippen LogP contribution >= 0.6 is 11.3 Å². The fraction of sp³-hybridized carbons (Fsp3) is 0.150. The predicted octanol–water partition coefficient (Wildman–Crippen LogP) is 3.51. The highest BCUT2D eigenvalue weighted by Crippen LogP contribution is 2.30. The van der Waals surface area contributed by atoms with Crippen molar-refractivity contribution in [3.63, 3.8) is 0 Å². The molecule has 9 heteroatoms. The third-order valence-electron chi connectivity index (χ3n) is 4.20. The van der Waals surface area contributed by atoms with Gasteiger partial charge in [-0.05, 0) is 36.1 Å². The molecule has 0 saturated carbocycles. The average Bonchev–Trinajstić information content (AvgIpc) is 3.37. The van der Waals surface area contributed by atoms with Gasteiger partial charge >= 0.3 is 0 Å². The molecule has 0 aliphatic carbocycles. The summed E-state index contributed by atoms with van der Waals surface area (Å²) in [6, 6.07) is 9.10. The van der Waals surface area contributed by atoms with E-state index in [2.05, 4.69) is 20.2 Å². The monoisotopic (exact) mass is 406 g/mol. The van der Waals surface area contributed by atoms with Crippen LogP contribution in [0.25, 0.3) is 33.6 Å². The number of nitrogen functional groups attached to an aromatic ring is 1. The number of aromatic nitrogens is 4. The zero-order chi connectivity index (χ0) is 20.5. The summed E-state index contributed by atoms with van der Waals surface area (Å²) in [5.74, 6) is 0.752. The number of benzene rings is 1. The lowest BCUT2D eigenvalue weighted by molar-refractivity contribution is 0.0827. The molecule has 2 N–H and O–H groups in total. The van der Waals surface area contributed by atoms with Gasteiger partial charge in [0.2, 0.25) is 0 Å². The maximum atomic E-state index is 12.1. The van der Waals surface area contributed by atoms with Crippen LogP contribution in [0.4, 0.5) is 5.82 Å². The molecule has 0 saturated heterocycles. The van der Waals surface area contributed by atoms with Crippen LogP contribution in [-0.2, 0) is 0 Å². The summed E-state index contributed by atoms with van der Waals surface area (Å²) < 4.78 is 5.77. The first kappa shape index (κ1) is 18.8. The molecule has 0 radical (unpaired) electrons. The maximum absolute atomic E-state index is 12.1. The van der Waals surface area contributed by atoms with Crippen LogP contribution in [0.3, 0.4) is 0 Å². The highest BCUT2D eigenvalue weighted by atomic mass is 32.1. The van der Waals surface area contributed by atoms with E-state index in [-0.39, 0.29) is 17.6 Å². The van der Waals surface area contributed by atoms with E-state index in [0.29, 0.717) is 22.8 Å². The quantitative estimate of drug-likeness (QED) is 0.552. The molecule has 4 aromatic rings. The van der Waals surface area contributed by atoms with Crippen molar-refractivity contribution in [2.24, 2.45) is 0 Å². The van der Waals surface area contributed by atoms with Crippen LogP contribution in [0.15, 0.2) is 46.3 Å². The lowest BCUT2D eigenvalue weighted by Gasteiger charge is -2.10. The number of nitrogens with zero attached hydrogens (tertiary/aromatic N) is 5. The molecule has 0 aliphatic rings. The summed E-state index contributed by atoms with van der Waals surface area (Å²) in [4.78, 5) is 23.2. The first-order chi connectivity index (χ1) is 13.9. The largest absolute Gasteiger partial charge is 0.414 e. The molecule has 29 heavy (non-hydrogen) atoms. The maximum Gasteiger partial charge on any atom is 0.270 e. The first-order valence-electron chi connectivity index (χ1n) is 8.76. The van der Waals surface area contributed by atoms with Crippen molar-refractivity contribution < 1.29 is 9.21 Å². The zero-order valence-electron chi connectivity index (χ0n) is 16.1. The topological polar surface area (TPSA) is 111 Å². The highest BCUT2D eigenvalue weighted by molar-refractivity contribution is 7.13. The van der Waals surface area contributed by atoms with E-state index < -0.39 is 0 Å². The van der Waals surface area contributed by atoms with E-state index in [4.69, 9.17) is 10.2 Å². The van der Waals surface area contributed by atoms with Crippen molar-refractivity contribution >= 4 is 23.1 Å². The van der Waals surface area contributed by atoms with Gasteiger partial charge in [0.05, 0.1) is 16.8 Å². The van der Waals surface area contributed by atoms with E-state index in [9.17, 15) is 4.79 Å². The Balaban J connectivity index is 1.66.